The summed E-state index contributed by atoms with van der Waals surface area (Å²) in [6.07, 6.45) is -1.91. The Morgan fingerprint density at radius 3 is 1.87 bits per heavy atom. The summed E-state index contributed by atoms with van der Waals surface area (Å²) in [5, 5.41) is 29.9. The fourth-order valence-corrected chi connectivity index (χ4v) is 2.68. The molecule has 0 amide bonds. The third-order valence-corrected chi connectivity index (χ3v) is 4.05. The van der Waals surface area contributed by atoms with Crippen LogP contribution in [0.4, 0.5) is 0 Å². The third kappa shape index (κ3) is 7.00. The van der Waals surface area contributed by atoms with Crippen LogP contribution in [0.1, 0.15) is 38.8 Å². The molecule has 3 atom stereocenters. The molecule has 0 saturated carbocycles. The first-order valence-corrected chi connectivity index (χ1v) is 8.51. The van der Waals surface area contributed by atoms with Crippen molar-refractivity contribution in [3.8, 4) is 0 Å². The molecule has 4 nitrogen and oxygen atoms in total. The van der Waals surface area contributed by atoms with Crippen LogP contribution in [0.2, 0.25) is 0 Å². The smallest absolute Gasteiger partial charge is 0.107 e. The molecule has 3 N–H and O–H groups in total. The van der Waals surface area contributed by atoms with Gasteiger partial charge in [-0.15, -0.1) is 0 Å². The average Bonchev–Trinajstić information content (AvgIpc) is 2.46. The van der Waals surface area contributed by atoms with Gasteiger partial charge in [-0.25, -0.2) is 0 Å². The van der Waals surface area contributed by atoms with Gasteiger partial charge in [0.05, 0.1) is 12.2 Å². The number of nitrogens with zero attached hydrogens (tertiary/aromatic N) is 1. The van der Waals surface area contributed by atoms with Crippen molar-refractivity contribution in [1.82, 2.24) is 4.90 Å². The maximum Gasteiger partial charge on any atom is 0.107 e. The van der Waals surface area contributed by atoms with E-state index in [1.54, 1.807) is 0 Å². The Hall–Kier alpha value is -0.940. The molecule has 0 spiro atoms. The van der Waals surface area contributed by atoms with E-state index in [0.29, 0.717) is 19.0 Å². The van der Waals surface area contributed by atoms with Crippen LogP contribution in [0, 0.1) is 11.8 Å². The molecule has 3 unspecified atom stereocenters. The highest BCUT2D eigenvalue weighted by atomic mass is 16.4. The van der Waals surface area contributed by atoms with Gasteiger partial charge in [0.2, 0.25) is 0 Å². The van der Waals surface area contributed by atoms with E-state index in [-0.39, 0.29) is 5.92 Å². The number of hydrogen-bond donors (Lipinski definition) is 3. The van der Waals surface area contributed by atoms with Crippen LogP contribution in [-0.4, -0.2) is 52.1 Å². The van der Waals surface area contributed by atoms with Crippen LogP contribution in [0.5, 0.6) is 0 Å². The number of hydrogen-bond acceptors (Lipinski definition) is 4. The number of rotatable bonds is 9. The largest absolute Gasteiger partial charge is 0.390 e. The van der Waals surface area contributed by atoms with Crippen LogP contribution in [0.15, 0.2) is 24.3 Å². The maximum absolute atomic E-state index is 10.1. The second-order valence-corrected chi connectivity index (χ2v) is 7.40. The van der Waals surface area contributed by atoms with Crippen molar-refractivity contribution < 1.29 is 15.3 Å². The van der Waals surface area contributed by atoms with Gasteiger partial charge < -0.3 is 15.3 Å². The highest BCUT2D eigenvalue weighted by Crippen LogP contribution is 2.13. The summed E-state index contributed by atoms with van der Waals surface area (Å²) >= 11 is 0. The number of benzene rings is 1. The summed E-state index contributed by atoms with van der Waals surface area (Å²) in [6.45, 7) is 9.08. The standard InChI is InChI=1S/C19H33NO3/c1-13(2)10-15-6-8-16(9-7-15)11-20(5)12-17(21)19(23)18(22)14(3)4/h6-9,13-14,17-19,21-23H,10-12H2,1-5H3. The molecule has 0 aromatic heterocycles. The van der Waals surface area contributed by atoms with Gasteiger partial charge in [0.1, 0.15) is 6.10 Å². The zero-order chi connectivity index (χ0) is 17.6. The molecular weight excluding hydrogens is 290 g/mol. The molecule has 0 aliphatic rings. The van der Waals surface area contributed by atoms with Gasteiger partial charge in [-0.3, -0.25) is 4.90 Å². The molecule has 0 heterocycles. The van der Waals surface area contributed by atoms with Gasteiger partial charge in [-0.05, 0) is 36.4 Å². The lowest BCUT2D eigenvalue weighted by Crippen LogP contribution is -2.45. The van der Waals surface area contributed by atoms with Crippen LogP contribution >= 0.6 is 0 Å². The van der Waals surface area contributed by atoms with Gasteiger partial charge in [0.15, 0.2) is 0 Å². The van der Waals surface area contributed by atoms with Crippen LogP contribution in [0.25, 0.3) is 0 Å². The third-order valence-electron chi connectivity index (χ3n) is 4.05. The lowest BCUT2D eigenvalue weighted by Gasteiger charge is -2.28. The van der Waals surface area contributed by atoms with Crippen LogP contribution in [-0.2, 0) is 13.0 Å². The van der Waals surface area contributed by atoms with Crippen molar-refractivity contribution in [1.29, 1.82) is 0 Å². The quantitative estimate of drug-likeness (QED) is 0.651. The SMILES string of the molecule is CC(C)Cc1ccc(CN(C)CC(O)C(O)C(O)C(C)C)cc1. The van der Waals surface area contributed by atoms with E-state index in [4.69, 9.17) is 0 Å². The molecule has 0 radical (unpaired) electrons. The Kier molecular flexibility index (Phi) is 8.20. The molecule has 0 fully saturated rings. The minimum atomic E-state index is -1.12. The zero-order valence-electron chi connectivity index (χ0n) is 15.1. The number of aliphatic hydroxyl groups is 3. The van der Waals surface area contributed by atoms with Gasteiger partial charge in [-0.2, -0.15) is 0 Å². The minimum Gasteiger partial charge on any atom is -0.390 e. The summed E-state index contributed by atoms with van der Waals surface area (Å²) < 4.78 is 0. The summed E-state index contributed by atoms with van der Waals surface area (Å²) in [5.74, 6) is 0.561. The monoisotopic (exact) mass is 323 g/mol. The van der Waals surface area contributed by atoms with Crippen molar-refractivity contribution in [3.63, 3.8) is 0 Å². The lowest BCUT2D eigenvalue weighted by atomic mass is 9.97. The molecule has 132 valence electrons. The summed E-state index contributed by atoms with van der Waals surface area (Å²) in [5.41, 5.74) is 2.51. The number of likely N-dealkylation sites (N-methyl/N-ethyl adjacent to an activating group) is 1. The van der Waals surface area contributed by atoms with Crippen molar-refractivity contribution >= 4 is 0 Å². The van der Waals surface area contributed by atoms with E-state index in [1.807, 2.05) is 25.8 Å². The fourth-order valence-electron chi connectivity index (χ4n) is 2.68. The van der Waals surface area contributed by atoms with Crippen molar-refractivity contribution in [2.45, 2.75) is 59.0 Å². The van der Waals surface area contributed by atoms with Crippen LogP contribution < -0.4 is 0 Å². The van der Waals surface area contributed by atoms with E-state index < -0.39 is 18.3 Å². The van der Waals surface area contributed by atoms with Crippen LogP contribution in [0.3, 0.4) is 0 Å². The minimum absolute atomic E-state index is 0.0848. The lowest BCUT2D eigenvalue weighted by molar-refractivity contribution is -0.0826. The highest BCUT2D eigenvalue weighted by molar-refractivity contribution is 5.22. The first-order valence-electron chi connectivity index (χ1n) is 8.51. The Morgan fingerprint density at radius 1 is 0.870 bits per heavy atom. The second kappa shape index (κ2) is 9.38. The first kappa shape index (κ1) is 20.1. The number of aliphatic hydroxyl groups excluding tert-OH is 3. The molecule has 1 rings (SSSR count). The van der Waals surface area contributed by atoms with Gasteiger partial charge in [0, 0.05) is 13.1 Å². The molecule has 1 aromatic rings. The van der Waals surface area contributed by atoms with E-state index in [2.05, 4.69) is 38.1 Å². The molecule has 0 aliphatic carbocycles. The molecular formula is C19H33NO3. The Labute approximate surface area is 140 Å². The highest BCUT2D eigenvalue weighted by Gasteiger charge is 2.27. The summed E-state index contributed by atoms with van der Waals surface area (Å²) in [6, 6.07) is 8.52. The Balaban J connectivity index is 2.51. The van der Waals surface area contributed by atoms with E-state index in [1.165, 1.54) is 11.1 Å². The maximum atomic E-state index is 10.1. The predicted octanol–water partition coefficient (Wildman–Crippen LogP) is 2.06. The molecule has 0 bridgehead atoms. The average molecular weight is 323 g/mol. The predicted molar refractivity (Wildman–Crippen MR) is 94.2 cm³/mol. The molecule has 1 aromatic carbocycles. The molecule has 0 saturated heterocycles. The van der Waals surface area contributed by atoms with Gasteiger partial charge >= 0.3 is 0 Å². The van der Waals surface area contributed by atoms with Gasteiger partial charge in [0.25, 0.3) is 0 Å². The molecule has 4 heteroatoms. The molecule has 23 heavy (non-hydrogen) atoms. The van der Waals surface area contributed by atoms with Crippen molar-refractivity contribution in [3.05, 3.63) is 35.4 Å². The Bertz CT molecular complexity index is 444. The second-order valence-electron chi connectivity index (χ2n) is 7.40. The topological polar surface area (TPSA) is 63.9 Å². The first-order chi connectivity index (χ1) is 10.7. The van der Waals surface area contributed by atoms with E-state index in [0.717, 1.165) is 6.42 Å². The fraction of sp³-hybridized carbons (Fsp3) is 0.684. The van der Waals surface area contributed by atoms with Crippen molar-refractivity contribution in [2.24, 2.45) is 11.8 Å². The van der Waals surface area contributed by atoms with E-state index >= 15 is 0 Å². The van der Waals surface area contributed by atoms with Crippen molar-refractivity contribution in [2.75, 3.05) is 13.6 Å². The normalized spacial score (nSPS) is 16.1. The van der Waals surface area contributed by atoms with Gasteiger partial charge in [-0.1, -0.05) is 52.0 Å². The molecule has 0 aliphatic heterocycles. The Morgan fingerprint density at radius 2 is 1.39 bits per heavy atom. The zero-order valence-corrected chi connectivity index (χ0v) is 15.1. The summed E-state index contributed by atoms with van der Waals surface area (Å²) in [4.78, 5) is 1.96. The summed E-state index contributed by atoms with van der Waals surface area (Å²) in [7, 11) is 1.90. The van der Waals surface area contributed by atoms with E-state index in [9.17, 15) is 15.3 Å².